The van der Waals surface area contributed by atoms with Crippen molar-refractivity contribution in [2.24, 2.45) is 11.7 Å². The molecule has 0 bridgehead atoms. The number of nitrogens with one attached hydrogen (secondary N) is 1. The third kappa shape index (κ3) is 5.93. The van der Waals surface area contributed by atoms with Gasteiger partial charge in [-0.25, -0.2) is 4.98 Å². The standard InChI is InChI=1S/C15H25N3OS.ClH/c1-2-14-18-12(10-20-14)9-17-15(19)13(16)8-11-6-4-3-5-7-11;/h10-11,13H,2-9,16H2,1H3,(H,17,19);1H. The van der Waals surface area contributed by atoms with Gasteiger partial charge in [-0.05, 0) is 18.8 Å². The first-order valence-corrected chi connectivity index (χ1v) is 8.53. The Morgan fingerprint density at radius 1 is 1.48 bits per heavy atom. The molecule has 1 unspecified atom stereocenters. The highest BCUT2D eigenvalue weighted by Gasteiger charge is 2.21. The van der Waals surface area contributed by atoms with Crippen molar-refractivity contribution in [3.8, 4) is 0 Å². The van der Waals surface area contributed by atoms with Gasteiger partial charge in [0.25, 0.3) is 0 Å². The zero-order chi connectivity index (χ0) is 14.4. The molecule has 1 heterocycles. The van der Waals surface area contributed by atoms with Crippen LogP contribution in [-0.4, -0.2) is 16.9 Å². The first kappa shape index (κ1) is 18.4. The van der Waals surface area contributed by atoms with E-state index in [1.807, 2.05) is 5.38 Å². The van der Waals surface area contributed by atoms with Gasteiger partial charge in [-0.3, -0.25) is 4.79 Å². The van der Waals surface area contributed by atoms with Crippen LogP contribution >= 0.6 is 23.7 Å². The van der Waals surface area contributed by atoms with E-state index in [-0.39, 0.29) is 24.4 Å². The highest BCUT2D eigenvalue weighted by molar-refractivity contribution is 7.09. The Morgan fingerprint density at radius 2 is 2.19 bits per heavy atom. The fraction of sp³-hybridized carbons (Fsp3) is 0.733. The van der Waals surface area contributed by atoms with E-state index in [2.05, 4.69) is 17.2 Å². The monoisotopic (exact) mass is 331 g/mol. The number of hydrogen-bond donors (Lipinski definition) is 2. The van der Waals surface area contributed by atoms with Crippen molar-refractivity contribution in [2.45, 2.75) is 64.5 Å². The molecule has 1 aromatic rings. The Kier molecular flexibility index (Phi) is 8.22. The van der Waals surface area contributed by atoms with Crippen LogP contribution in [-0.2, 0) is 17.8 Å². The molecule has 4 nitrogen and oxygen atoms in total. The minimum absolute atomic E-state index is 0. The second kappa shape index (κ2) is 9.38. The Hall–Kier alpha value is -0.650. The number of rotatable bonds is 6. The SMILES string of the molecule is CCc1nc(CNC(=O)C(N)CC2CCCCC2)cs1.Cl. The number of nitrogens with two attached hydrogens (primary N) is 1. The maximum atomic E-state index is 12.0. The van der Waals surface area contributed by atoms with Crippen molar-refractivity contribution in [2.75, 3.05) is 0 Å². The molecule has 1 atom stereocenters. The van der Waals surface area contributed by atoms with E-state index in [1.54, 1.807) is 11.3 Å². The van der Waals surface area contributed by atoms with Crippen LogP contribution in [0, 0.1) is 5.92 Å². The molecule has 0 saturated heterocycles. The van der Waals surface area contributed by atoms with E-state index in [0.717, 1.165) is 23.5 Å². The number of carbonyl (C=O) groups excluding carboxylic acids is 1. The van der Waals surface area contributed by atoms with Crippen LogP contribution in [0.2, 0.25) is 0 Å². The van der Waals surface area contributed by atoms with Gasteiger partial charge in [0.15, 0.2) is 0 Å². The number of amides is 1. The van der Waals surface area contributed by atoms with Gasteiger partial charge in [-0.15, -0.1) is 23.7 Å². The highest BCUT2D eigenvalue weighted by atomic mass is 35.5. The van der Waals surface area contributed by atoms with Crippen molar-refractivity contribution in [3.05, 3.63) is 16.1 Å². The summed E-state index contributed by atoms with van der Waals surface area (Å²) in [5, 5.41) is 6.02. The number of nitrogens with zero attached hydrogens (tertiary/aromatic N) is 1. The normalized spacial score (nSPS) is 17.0. The van der Waals surface area contributed by atoms with E-state index in [1.165, 1.54) is 32.1 Å². The highest BCUT2D eigenvalue weighted by Crippen LogP contribution is 2.26. The molecule has 1 aliphatic rings. The number of aromatic nitrogens is 1. The number of halogens is 1. The number of carbonyl (C=O) groups is 1. The molecule has 0 aromatic carbocycles. The molecule has 21 heavy (non-hydrogen) atoms. The largest absolute Gasteiger partial charge is 0.349 e. The molecule has 0 aliphatic heterocycles. The molecule has 1 fully saturated rings. The summed E-state index contributed by atoms with van der Waals surface area (Å²) in [5.41, 5.74) is 6.95. The molecule has 0 spiro atoms. The molecule has 1 saturated carbocycles. The first-order valence-electron chi connectivity index (χ1n) is 7.65. The van der Waals surface area contributed by atoms with Crippen molar-refractivity contribution in [1.82, 2.24) is 10.3 Å². The van der Waals surface area contributed by atoms with Gasteiger partial charge < -0.3 is 11.1 Å². The second-order valence-corrected chi connectivity index (χ2v) is 6.59. The molecule has 1 aliphatic carbocycles. The fourth-order valence-electron chi connectivity index (χ4n) is 2.79. The number of thiazole rings is 1. The Bertz CT molecular complexity index is 432. The molecule has 3 N–H and O–H groups in total. The number of aryl methyl sites for hydroxylation is 1. The molecule has 6 heteroatoms. The Labute approximate surface area is 137 Å². The molecular formula is C15H26ClN3OS. The number of hydrogen-bond acceptors (Lipinski definition) is 4. The van der Waals surface area contributed by atoms with Crippen LogP contribution in [0.15, 0.2) is 5.38 Å². The molecule has 1 aromatic heterocycles. The summed E-state index contributed by atoms with van der Waals surface area (Å²) in [5.74, 6) is 0.595. The van der Waals surface area contributed by atoms with Gasteiger partial charge >= 0.3 is 0 Å². The predicted molar refractivity (Wildman–Crippen MR) is 89.8 cm³/mol. The van der Waals surface area contributed by atoms with E-state index in [0.29, 0.717) is 12.5 Å². The van der Waals surface area contributed by atoms with Crippen LogP contribution in [0.3, 0.4) is 0 Å². The van der Waals surface area contributed by atoms with Crippen LogP contribution in [0.1, 0.15) is 56.2 Å². The van der Waals surface area contributed by atoms with E-state index >= 15 is 0 Å². The summed E-state index contributed by atoms with van der Waals surface area (Å²) in [6.07, 6.45) is 8.14. The summed E-state index contributed by atoms with van der Waals surface area (Å²) in [6.45, 7) is 2.58. The average molecular weight is 332 g/mol. The van der Waals surface area contributed by atoms with Gasteiger partial charge in [0, 0.05) is 5.38 Å². The third-order valence-corrected chi connectivity index (χ3v) is 5.04. The summed E-state index contributed by atoms with van der Waals surface area (Å²) < 4.78 is 0. The van der Waals surface area contributed by atoms with Gasteiger partial charge in [0.2, 0.25) is 5.91 Å². The van der Waals surface area contributed by atoms with E-state index in [4.69, 9.17) is 5.73 Å². The van der Waals surface area contributed by atoms with Crippen LogP contribution < -0.4 is 11.1 Å². The molecule has 0 radical (unpaired) electrons. The summed E-state index contributed by atoms with van der Waals surface area (Å²) >= 11 is 1.64. The average Bonchev–Trinajstić information content (AvgIpc) is 2.93. The van der Waals surface area contributed by atoms with Crippen molar-refractivity contribution in [3.63, 3.8) is 0 Å². The van der Waals surface area contributed by atoms with E-state index in [9.17, 15) is 4.79 Å². The predicted octanol–water partition coefficient (Wildman–Crippen LogP) is 3.04. The van der Waals surface area contributed by atoms with Crippen molar-refractivity contribution >= 4 is 29.7 Å². The smallest absolute Gasteiger partial charge is 0.237 e. The lowest BCUT2D eigenvalue weighted by molar-refractivity contribution is -0.123. The lowest BCUT2D eigenvalue weighted by Gasteiger charge is -2.24. The van der Waals surface area contributed by atoms with Crippen molar-refractivity contribution in [1.29, 1.82) is 0 Å². The van der Waals surface area contributed by atoms with Crippen LogP contribution in [0.25, 0.3) is 0 Å². The molecule has 120 valence electrons. The van der Waals surface area contributed by atoms with Gasteiger partial charge in [0.1, 0.15) is 0 Å². The molecular weight excluding hydrogens is 306 g/mol. The van der Waals surface area contributed by atoms with Crippen molar-refractivity contribution < 1.29 is 4.79 Å². The quantitative estimate of drug-likeness (QED) is 0.841. The maximum absolute atomic E-state index is 12.0. The van der Waals surface area contributed by atoms with Gasteiger partial charge in [0.05, 0.1) is 23.3 Å². The van der Waals surface area contributed by atoms with Gasteiger partial charge in [-0.1, -0.05) is 39.0 Å². The fourth-order valence-corrected chi connectivity index (χ4v) is 3.54. The second-order valence-electron chi connectivity index (χ2n) is 5.65. The minimum Gasteiger partial charge on any atom is -0.349 e. The lowest BCUT2D eigenvalue weighted by atomic mass is 9.85. The first-order chi connectivity index (χ1) is 9.69. The summed E-state index contributed by atoms with van der Waals surface area (Å²) in [4.78, 5) is 16.4. The Morgan fingerprint density at radius 3 is 2.81 bits per heavy atom. The third-order valence-electron chi connectivity index (χ3n) is 3.99. The lowest BCUT2D eigenvalue weighted by Crippen LogP contribution is -2.41. The zero-order valence-electron chi connectivity index (χ0n) is 12.6. The molecule has 2 rings (SSSR count). The maximum Gasteiger partial charge on any atom is 0.237 e. The van der Waals surface area contributed by atoms with E-state index < -0.39 is 0 Å². The summed E-state index contributed by atoms with van der Waals surface area (Å²) in [6, 6.07) is -0.373. The summed E-state index contributed by atoms with van der Waals surface area (Å²) in [7, 11) is 0. The Balaban J connectivity index is 0.00000220. The minimum atomic E-state index is -0.373. The molecule has 1 amide bonds. The van der Waals surface area contributed by atoms with Gasteiger partial charge in [-0.2, -0.15) is 0 Å². The van der Waals surface area contributed by atoms with Crippen LogP contribution in [0.4, 0.5) is 0 Å². The van der Waals surface area contributed by atoms with Crippen LogP contribution in [0.5, 0.6) is 0 Å². The topological polar surface area (TPSA) is 68.0 Å². The zero-order valence-corrected chi connectivity index (χ0v) is 14.3.